The Balaban J connectivity index is 2.33. The van der Waals surface area contributed by atoms with Crippen LogP contribution in [0.1, 0.15) is 32.6 Å². The van der Waals surface area contributed by atoms with E-state index in [1.165, 1.54) is 12.1 Å². The smallest absolute Gasteiger partial charge is 0.247 e. The van der Waals surface area contributed by atoms with Gasteiger partial charge in [-0.2, -0.15) is 4.98 Å². The molecule has 6 heteroatoms. The number of hydrogen-bond acceptors (Lipinski definition) is 5. The first-order chi connectivity index (χ1) is 8.59. The van der Waals surface area contributed by atoms with Gasteiger partial charge in [0, 0.05) is 0 Å². The van der Waals surface area contributed by atoms with Crippen molar-refractivity contribution in [3.8, 4) is 11.5 Å². The zero-order valence-corrected chi connectivity index (χ0v) is 10.4. The number of aromatic nitrogens is 3. The second kappa shape index (κ2) is 4.81. The van der Waals surface area contributed by atoms with Gasteiger partial charge in [0.1, 0.15) is 11.5 Å². The number of rotatable bonds is 4. The molecule has 0 amide bonds. The molecular weight excluding hydrogens is 235 g/mol. The lowest BCUT2D eigenvalue weighted by molar-refractivity contribution is 0.268. The quantitative estimate of drug-likeness (QED) is 0.900. The first kappa shape index (κ1) is 12.6. The van der Waals surface area contributed by atoms with Gasteiger partial charge in [0.05, 0.1) is 11.7 Å². The average Bonchev–Trinajstić information content (AvgIpc) is 2.89. The fourth-order valence-electron chi connectivity index (χ4n) is 1.59. The lowest BCUT2D eigenvalue weighted by atomic mass is 9.94. The van der Waals surface area contributed by atoms with Gasteiger partial charge in [-0.1, -0.05) is 19.0 Å². The monoisotopic (exact) mass is 250 g/mol. The summed E-state index contributed by atoms with van der Waals surface area (Å²) in [5, 5.41) is 3.83. The molecule has 0 aliphatic rings. The average molecular weight is 250 g/mol. The van der Waals surface area contributed by atoms with E-state index in [0.29, 0.717) is 30.3 Å². The minimum absolute atomic E-state index is 0.321. The van der Waals surface area contributed by atoms with E-state index in [9.17, 15) is 4.39 Å². The molecule has 2 rings (SSSR count). The van der Waals surface area contributed by atoms with Crippen LogP contribution in [-0.2, 0) is 5.54 Å². The number of hydrogen-bond donors (Lipinski definition) is 1. The fourth-order valence-corrected chi connectivity index (χ4v) is 1.59. The predicted octanol–water partition coefficient (Wildman–Crippen LogP) is 2.24. The minimum atomic E-state index is -0.620. The number of pyridine rings is 1. The fraction of sp³-hybridized carbons (Fsp3) is 0.417. The summed E-state index contributed by atoms with van der Waals surface area (Å²) in [5.74, 6) is 0.299. The molecule has 0 bridgehead atoms. The second-order valence-electron chi connectivity index (χ2n) is 4.15. The first-order valence-corrected chi connectivity index (χ1v) is 5.84. The molecule has 2 aromatic rings. The summed E-state index contributed by atoms with van der Waals surface area (Å²) in [6, 6.07) is 2.80. The van der Waals surface area contributed by atoms with E-state index >= 15 is 0 Å². The van der Waals surface area contributed by atoms with Crippen molar-refractivity contribution in [1.29, 1.82) is 0 Å². The molecule has 0 aromatic carbocycles. The lowest BCUT2D eigenvalue weighted by Gasteiger charge is -2.20. The highest BCUT2D eigenvalue weighted by Crippen LogP contribution is 2.25. The lowest BCUT2D eigenvalue weighted by Crippen LogP contribution is -2.35. The van der Waals surface area contributed by atoms with Gasteiger partial charge in [-0.25, -0.2) is 9.37 Å². The maximum absolute atomic E-state index is 12.8. The molecule has 0 spiro atoms. The second-order valence-corrected chi connectivity index (χ2v) is 4.15. The highest BCUT2D eigenvalue weighted by Gasteiger charge is 2.30. The Kier molecular flexibility index (Phi) is 3.38. The van der Waals surface area contributed by atoms with Crippen LogP contribution in [0.5, 0.6) is 0 Å². The van der Waals surface area contributed by atoms with E-state index in [2.05, 4.69) is 15.1 Å². The Hall–Kier alpha value is -1.82. The summed E-state index contributed by atoms with van der Waals surface area (Å²) in [4.78, 5) is 8.13. The van der Waals surface area contributed by atoms with Crippen LogP contribution in [0, 0.1) is 5.82 Å². The van der Waals surface area contributed by atoms with Crippen molar-refractivity contribution >= 4 is 0 Å². The van der Waals surface area contributed by atoms with Gasteiger partial charge in [-0.15, -0.1) is 0 Å². The Morgan fingerprint density at radius 3 is 2.61 bits per heavy atom. The third-order valence-electron chi connectivity index (χ3n) is 3.07. The summed E-state index contributed by atoms with van der Waals surface area (Å²) in [5.41, 5.74) is 6.00. The van der Waals surface area contributed by atoms with Crippen molar-refractivity contribution in [3.63, 3.8) is 0 Å². The van der Waals surface area contributed by atoms with Gasteiger partial charge in [0.2, 0.25) is 11.7 Å². The normalized spacial score (nSPS) is 11.8. The van der Waals surface area contributed by atoms with Crippen LogP contribution in [0.15, 0.2) is 22.9 Å². The molecule has 0 fully saturated rings. The minimum Gasteiger partial charge on any atom is -0.337 e. The maximum atomic E-state index is 12.8. The molecule has 96 valence electrons. The van der Waals surface area contributed by atoms with Crippen LogP contribution in [0.3, 0.4) is 0 Å². The van der Waals surface area contributed by atoms with E-state index in [0.717, 1.165) is 6.20 Å². The molecule has 0 atom stereocenters. The van der Waals surface area contributed by atoms with Crippen molar-refractivity contribution in [3.05, 3.63) is 30.0 Å². The van der Waals surface area contributed by atoms with Crippen LogP contribution in [0.2, 0.25) is 0 Å². The summed E-state index contributed by atoms with van der Waals surface area (Å²) < 4.78 is 17.9. The van der Waals surface area contributed by atoms with Crippen LogP contribution in [0.4, 0.5) is 4.39 Å². The summed E-state index contributed by atoms with van der Waals surface area (Å²) in [6.07, 6.45) is 2.50. The van der Waals surface area contributed by atoms with E-state index in [4.69, 9.17) is 10.3 Å². The molecule has 5 nitrogen and oxygen atoms in total. The van der Waals surface area contributed by atoms with E-state index in [1.807, 2.05) is 13.8 Å². The van der Waals surface area contributed by atoms with Crippen molar-refractivity contribution in [2.24, 2.45) is 5.73 Å². The van der Waals surface area contributed by atoms with E-state index in [1.54, 1.807) is 0 Å². The summed E-state index contributed by atoms with van der Waals surface area (Å²) >= 11 is 0. The van der Waals surface area contributed by atoms with Crippen LogP contribution in [-0.4, -0.2) is 15.1 Å². The number of nitrogens with zero attached hydrogens (tertiary/aromatic N) is 3. The molecule has 0 saturated heterocycles. The SMILES string of the molecule is CCC(N)(CC)c1nc(-c2ccc(F)cn2)no1. The van der Waals surface area contributed by atoms with Gasteiger partial charge in [-0.3, -0.25) is 0 Å². The van der Waals surface area contributed by atoms with Gasteiger partial charge < -0.3 is 10.3 Å². The third kappa shape index (κ3) is 2.24. The third-order valence-corrected chi connectivity index (χ3v) is 3.07. The number of halogens is 1. The number of nitrogens with two attached hydrogens (primary N) is 1. The van der Waals surface area contributed by atoms with E-state index in [-0.39, 0.29) is 0 Å². The standard InChI is InChI=1S/C12H15FN4O/c1-3-12(14,4-2)11-16-10(17-18-11)9-6-5-8(13)7-15-9/h5-7H,3-4,14H2,1-2H3. The molecule has 2 aromatic heterocycles. The van der Waals surface area contributed by atoms with Gasteiger partial charge in [0.25, 0.3) is 0 Å². The maximum Gasteiger partial charge on any atom is 0.247 e. The molecule has 0 saturated carbocycles. The zero-order chi connectivity index (χ0) is 13.2. The Labute approximate surface area is 104 Å². The molecule has 2 N–H and O–H groups in total. The summed E-state index contributed by atoms with van der Waals surface area (Å²) in [7, 11) is 0. The molecular formula is C12H15FN4O. The van der Waals surface area contributed by atoms with Crippen molar-refractivity contribution in [1.82, 2.24) is 15.1 Å². The molecule has 0 radical (unpaired) electrons. The predicted molar refractivity (Wildman–Crippen MR) is 63.9 cm³/mol. The van der Waals surface area contributed by atoms with Crippen LogP contribution >= 0.6 is 0 Å². The Morgan fingerprint density at radius 1 is 1.33 bits per heavy atom. The van der Waals surface area contributed by atoms with E-state index < -0.39 is 11.4 Å². The van der Waals surface area contributed by atoms with Crippen LogP contribution in [0.25, 0.3) is 11.5 Å². The molecule has 0 aliphatic carbocycles. The highest BCUT2D eigenvalue weighted by molar-refractivity contribution is 5.47. The van der Waals surface area contributed by atoms with Crippen molar-refractivity contribution in [2.45, 2.75) is 32.2 Å². The highest BCUT2D eigenvalue weighted by atomic mass is 19.1. The Morgan fingerprint density at radius 2 is 2.06 bits per heavy atom. The van der Waals surface area contributed by atoms with Crippen LogP contribution < -0.4 is 5.73 Å². The Bertz CT molecular complexity index is 519. The zero-order valence-electron chi connectivity index (χ0n) is 10.4. The van der Waals surface area contributed by atoms with Gasteiger partial charge in [-0.05, 0) is 25.0 Å². The molecule has 2 heterocycles. The largest absolute Gasteiger partial charge is 0.337 e. The van der Waals surface area contributed by atoms with Crippen molar-refractivity contribution < 1.29 is 8.91 Å². The molecule has 18 heavy (non-hydrogen) atoms. The van der Waals surface area contributed by atoms with Gasteiger partial charge in [0.15, 0.2) is 0 Å². The first-order valence-electron chi connectivity index (χ1n) is 5.84. The van der Waals surface area contributed by atoms with Crippen molar-refractivity contribution in [2.75, 3.05) is 0 Å². The molecule has 0 aliphatic heterocycles. The summed E-state index contributed by atoms with van der Waals surface area (Å²) in [6.45, 7) is 3.92. The topological polar surface area (TPSA) is 77.8 Å². The van der Waals surface area contributed by atoms with Gasteiger partial charge >= 0.3 is 0 Å². The molecule has 0 unspecified atom stereocenters.